The summed E-state index contributed by atoms with van der Waals surface area (Å²) in [6.45, 7) is -0.307. The molecule has 0 saturated carbocycles. The zero-order valence-corrected chi connectivity index (χ0v) is 11.2. The van der Waals surface area contributed by atoms with Crippen LogP contribution in [0.15, 0.2) is 18.2 Å². The average molecular weight is 291 g/mol. The molecule has 0 aliphatic carbocycles. The molecule has 1 rings (SSSR count). The molecule has 0 aliphatic rings. The van der Waals surface area contributed by atoms with E-state index in [1.807, 2.05) is 0 Å². The van der Waals surface area contributed by atoms with Crippen LogP contribution in [0.5, 0.6) is 0 Å². The number of aliphatic hydroxyl groups is 2. The van der Waals surface area contributed by atoms with Gasteiger partial charge in [0.05, 0.1) is 29.2 Å². The Labute approximate surface area is 114 Å². The van der Waals surface area contributed by atoms with Crippen LogP contribution in [0.3, 0.4) is 0 Å². The molecule has 1 unspecified atom stereocenters. The van der Waals surface area contributed by atoms with Crippen molar-refractivity contribution in [2.45, 2.75) is 6.10 Å². The van der Waals surface area contributed by atoms with E-state index in [2.05, 4.69) is 5.32 Å². The highest BCUT2D eigenvalue weighted by Gasteiger charge is 2.08. The molecular weight excluding hydrogens is 276 g/mol. The molecule has 0 bridgehead atoms. The maximum absolute atomic E-state index is 11.6. The van der Waals surface area contributed by atoms with Crippen molar-refractivity contribution in [3.63, 3.8) is 0 Å². The van der Waals surface area contributed by atoms with E-state index in [-0.39, 0.29) is 18.3 Å². The standard InChI is InChI=1S/C11H15ClN2O3S/c12-9-3-7(13)1-2-10(9)14-11(17)6-18-5-8(16)4-15/h1-3,8,15-16H,4-6,13H2,(H,14,17). The lowest BCUT2D eigenvalue weighted by Gasteiger charge is -2.09. The smallest absolute Gasteiger partial charge is 0.234 e. The molecule has 0 spiro atoms. The Morgan fingerprint density at radius 3 is 2.89 bits per heavy atom. The van der Waals surface area contributed by atoms with Crippen LogP contribution in [0, 0.1) is 0 Å². The van der Waals surface area contributed by atoms with Crippen LogP contribution in [0.25, 0.3) is 0 Å². The van der Waals surface area contributed by atoms with Gasteiger partial charge in [-0.25, -0.2) is 0 Å². The van der Waals surface area contributed by atoms with Crippen molar-refractivity contribution in [2.75, 3.05) is 29.2 Å². The lowest BCUT2D eigenvalue weighted by atomic mass is 10.3. The van der Waals surface area contributed by atoms with Gasteiger partial charge in [-0.15, -0.1) is 11.8 Å². The normalized spacial score (nSPS) is 12.2. The molecule has 100 valence electrons. The fourth-order valence-electron chi connectivity index (χ4n) is 1.16. The number of rotatable bonds is 6. The molecule has 5 N–H and O–H groups in total. The van der Waals surface area contributed by atoms with Gasteiger partial charge in [-0.3, -0.25) is 4.79 Å². The van der Waals surface area contributed by atoms with Gasteiger partial charge in [-0.1, -0.05) is 11.6 Å². The lowest BCUT2D eigenvalue weighted by Crippen LogP contribution is -2.19. The number of amides is 1. The number of aliphatic hydroxyl groups excluding tert-OH is 2. The first-order valence-electron chi connectivity index (χ1n) is 5.24. The molecule has 0 radical (unpaired) electrons. The van der Waals surface area contributed by atoms with Gasteiger partial charge < -0.3 is 21.3 Å². The number of nitrogen functional groups attached to an aromatic ring is 1. The molecule has 1 atom stereocenters. The third kappa shape index (κ3) is 5.14. The highest BCUT2D eigenvalue weighted by molar-refractivity contribution is 8.00. The van der Waals surface area contributed by atoms with E-state index in [9.17, 15) is 4.79 Å². The highest BCUT2D eigenvalue weighted by atomic mass is 35.5. The second kappa shape index (κ2) is 7.48. The minimum Gasteiger partial charge on any atom is -0.399 e. The lowest BCUT2D eigenvalue weighted by molar-refractivity contribution is -0.113. The molecule has 0 heterocycles. The minimum atomic E-state index is -0.803. The van der Waals surface area contributed by atoms with E-state index in [1.165, 1.54) is 11.8 Å². The maximum Gasteiger partial charge on any atom is 0.234 e. The number of halogens is 1. The van der Waals surface area contributed by atoms with Gasteiger partial charge >= 0.3 is 0 Å². The zero-order chi connectivity index (χ0) is 13.5. The first-order chi connectivity index (χ1) is 8.52. The number of nitrogens with one attached hydrogen (secondary N) is 1. The van der Waals surface area contributed by atoms with Crippen molar-refractivity contribution in [3.05, 3.63) is 23.2 Å². The third-order valence-electron chi connectivity index (χ3n) is 2.02. The van der Waals surface area contributed by atoms with Crippen molar-refractivity contribution in [1.82, 2.24) is 0 Å². The molecule has 18 heavy (non-hydrogen) atoms. The summed E-state index contributed by atoms with van der Waals surface area (Å²) in [6, 6.07) is 4.83. The first-order valence-corrected chi connectivity index (χ1v) is 6.77. The average Bonchev–Trinajstić information content (AvgIpc) is 2.32. The van der Waals surface area contributed by atoms with Crippen molar-refractivity contribution < 1.29 is 15.0 Å². The van der Waals surface area contributed by atoms with Crippen molar-refractivity contribution in [2.24, 2.45) is 0 Å². The quantitative estimate of drug-likeness (QED) is 0.585. The third-order valence-corrected chi connectivity index (χ3v) is 3.42. The van der Waals surface area contributed by atoms with E-state index in [0.29, 0.717) is 22.2 Å². The Kier molecular flexibility index (Phi) is 6.28. The van der Waals surface area contributed by atoms with E-state index < -0.39 is 6.10 Å². The van der Waals surface area contributed by atoms with Gasteiger partial charge in [-0.05, 0) is 18.2 Å². The summed E-state index contributed by atoms with van der Waals surface area (Å²) in [4.78, 5) is 11.6. The molecule has 1 aromatic carbocycles. The fourth-order valence-corrected chi connectivity index (χ4v) is 2.15. The molecule has 0 aliphatic heterocycles. The van der Waals surface area contributed by atoms with Crippen LogP contribution in [-0.2, 0) is 4.79 Å². The van der Waals surface area contributed by atoms with Crippen molar-refractivity contribution >= 4 is 40.6 Å². The number of hydrogen-bond donors (Lipinski definition) is 4. The number of benzene rings is 1. The molecule has 1 amide bonds. The van der Waals surface area contributed by atoms with Gasteiger partial charge in [0.1, 0.15) is 0 Å². The summed E-state index contributed by atoms with van der Waals surface area (Å²) >= 11 is 7.14. The number of carbonyl (C=O) groups excluding carboxylic acids is 1. The molecule has 7 heteroatoms. The molecule has 0 aromatic heterocycles. The van der Waals surface area contributed by atoms with Gasteiger partial charge in [0.25, 0.3) is 0 Å². The number of carbonyl (C=O) groups is 1. The van der Waals surface area contributed by atoms with Crippen LogP contribution in [0.1, 0.15) is 0 Å². The molecule has 5 nitrogen and oxygen atoms in total. The molecular formula is C11H15ClN2O3S. The van der Waals surface area contributed by atoms with Crippen molar-refractivity contribution in [3.8, 4) is 0 Å². The van der Waals surface area contributed by atoms with Gasteiger partial charge in [0, 0.05) is 11.4 Å². The Bertz CT molecular complexity index is 417. The number of anilines is 2. The van der Waals surface area contributed by atoms with Crippen LogP contribution in [0.4, 0.5) is 11.4 Å². The second-order valence-electron chi connectivity index (χ2n) is 3.64. The van der Waals surface area contributed by atoms with E-state index in [1.54, 1.807) is 18.2 Å². The van der Waals surface area contributed by atoms with Gasteiger partial charge in [-0.2, -0.15) is 0 Å². The number of thioether (sulfide) groups is 1. The van der Waals surface area contributed by atoms with Crippen molar-refractivity contribution in [1.29, 1.82) is 0 Å². The summed E-state index contributed by atoms with van der Waals surface area (Å²) in [7, 11) is 0. The maximum atomic E-state index is 11.6. The summed E-state index contributed by atoms with van der Waals surface area (Å²) in [6.07, 6.45) is -0.803. The Hall–Kier alpha value is -0.950. The summed E-state index contributed by atoms with van der Waals surface area (Å²) < 4.78 is 0. The number of nitrogens with two attached hydrogens (primary N) is 1. The van der Waals surface area contributed by atoms with Crippen LogP contribution in [0.2, 0.25) is 5.02 Å². The van der Waals surface area contributed by atoms with E-state index >= 15 is 0 Å². The summed E-state index contributed by atoms with van der Waals surface area (Å²) in [5, 5.41) is 20.7. The predicted octanol–water partition coefficient (Wildman–Crippen LogP) is 0.947. The van der Waals surface area contributed by atoms with E-state index in [0.717, 1.165) is 0 Å². The Balaban J connectivity index is 2.40. The van der Waals surface area contributed by atoms with Crippen LogP contribution < -0.4 is 11.1 Å². The number of hydrogen-bond acceptors (Lipinski definition) is 5. The zero-order valence-electron chi connectivity index (χ0n) is 9.60. The predicted molar refractivity (Wildman–Crippen MR) is 74.9 cm³/mol. The van der Waals surface area contributed by atoms with Crippen LogP contribution >= 0.6 is 23.4 Å². The van der Waals surface area contributed by atoms with Crippen LogP contribution in [-0.4, -0.2) is 40.3 Å². The highest BCUT2D eigenvalue weighted by Crippen LogP contribution is 2.24. The SMILES string of the molecule is Nc1ccc(NC(=O)CSCC(O)CO)c(Cl)c1. The molecule has 1 aromatic rings. The monoisotopic (exact) mass is 290 g/mol. The van der Waals surface area contributed by atoms with Gasteiger partial charge in [0.2, 0.25) is 5.91 Å². The summed E-state index contributed by atoms with van der Waals surface area (Å²) in [5.41, 5.74) is 6.56. The molecule has 0 saturated heterocycles. The Morgan fingerprint density at radius 2 is 2.28 bits per heavy atom. The van der Waals surface area contributed by atoms with Gasteiger partial charge in [0.15, 0.2) is 0 Å². The minimum absolute atomic E-state index is 0.178. The fraction of sp³-hybridized carbons (Fsp3) is 0.364. The summed E-state index contributed by atoms with van der Waals surface area (Å²) in [5.74, 6) is 0.258. The second-order valence-corrected chi connectivity index (χ2v) is 5.08. The largest absolute Gasteiger partial charge is 0.399 e. The first kappa shape index (κ1) is 15.1. The Morgan fingerprint density at radius 1 is 1.56 bits per heavy atom. The molecule has 0 fully saturated rings. The van der Waals surface area contributed by atoms with E-state index in [4.69, 9.17) is 27.5 Å². The topological polar surface area (TPSA) is 95.6 Å².